The van der Waals surface area contributed by atoms with Gasteiger partial charge in [0.05, 0.1) is 12.0 Å². The van der Waals surface area contributed by atoms with Crippen molar-refractivity contribution in [1.82, 2.24) is 0 Å². The van der Waals surface area contributed by atoms with Crippen LogP contribution in [-0.4, -0.2) is 12.5 Å². The summed E-state index contributed by atoms with van der Waals surface area (Å²) in [6, 6.07) is 21.3. The Morgan fingerprint density at radius 3 is 2.44 bits per heavy atom. The fraction of sp³-hybridized carbons (Fsp3) is 0.185. The number of nitrogens with one attached hydrogen (secondary N) is 1. The Morgan fingerprint density at radius 2 is 1.72 bits per heavy atom. The first-order valence-corrected chi connectivity index (χ1v) is 10.7. The maximum absolute atomic E-state index is 12.6. The van der Waals surface area contributed by atoms with E-state index in [1.54, 1.807) is 30.3 Å². The Kier molecular flexibility index (Phi) is 6.36. The fourth-order valence-corrected chi connectivity index (χ4v) is 3.37. The predicted molar refractivity (Wildman–Crippen MR) is 127 cm³/mol. The van der Waals surface area contributed by atoms with Crippen molar-refractivity contribution < 1.29 is 13.9 Å². The molecule has 4 aromatic rings. The summed E-state index contributed by atoms with van der Waals surface area (Å²) >= 11 is 0. The molecule has 3 aromatic carbocycles. The molecule has 32 heavy (non-hydrogen) atoms. The summed E-state index contributed by atoms with van der Waals surface area (Å²) in [4.78, 5) is 25.1. The van der Waals surface area contributed by atoms with Gasteiger partial charge in [0.15, 0.2) is 5.43 Å². The summed E-state index contributed by atoms with van der Waals surface area (Å²) in [6.45, 7) is 4.74. The maximum Gasteiger partial charge on any atom is 0.255 e. The van der Waals surface area contributed by atoms with Crippen molar-refractivity contribution in [3.63, 3.8) is 0 Å². The van der Waals surface area contributed by atoms with E-state index >= 15 is 0 Å². The lowest BCUT2D eigenvalue weighted by Gasteiger charge is -2.09. The van der Waals surface area contributed by atoms with E-state index in [9.17, 15) is 9.59 Å². The summed E-state index contributed by atoms with van der Waals surface area (Å²) in [6.07, 6.45) is 2.09. The fourth-order valence-electron chi connectivity index (χ4n) is 3.37. The topological polar surface area (TPSA) is 68.5 Å². The van der Waals surface area contributed by atoms with E-state index in [2.05, 4.69) is 12.2 Å². The molecule has 0 aliphatic carbocycles. The SMILES string of the molecule is CCCCOc1ccc(NC(=O)c2ccc(-c3cc(=O)c4cc(C)ccc4o3)cc2)cc1. The van der Waals surface area contributed by atoms with Gasteiger partial charge in [0.2, 0.25) is 0 Å². The molecule has 0 fully saturated rings. The summed E-state index contributed by atoms with van der Waals surface area (Å²) in [5.74, 6) is 1.04. The van der Waals surface area contributed by atoms with Crippen LogP contribution in [0.5, 0.6) is 5.75 Å². The van der Waals surface area contributed by atoms with Gasteiger partial charge < -0.3 is 14.5 Å². The van der Waals surface area contributed by atoms with E-state index in [4.69, 9.17) is 9.15 Å². The quantitative estimate of drug-likeness (QED) is 0.357. The second-order valence-electron chi connectivity index (χ2n) is 7.73. The number of hydrogen-bond acceptors (Lipinski definition) is 4. The van der Waals surface area contributed by atoms with Gasteiger partial charge >= 0.3 is 0 Å². The minimum Gasteiger partial charge on any atom is -0.494 e. The molecule has 0 saturated heterocycles. The van der Waals surface area contributed by atoms with Crippen LogP contribution in [0, 0.1) is 6.92 Å². The van der Waals surface area contributed by atoms with Crippen LogP contribution in [0.15, 0.2) is 82.0 Å². The Balaban J connectivity index is 1.46. The molecule has 5 heteroatoms. The van der Waals surface area contributed by atoms with Crippen LogP contribution in [0.3, 0.4) is 0 Å². The van der Waals surface area contributed by atoms with E-state index in [1.807, 2.05) is 43.3 Å². The van der Waals surface area contributed by atoms with Gasteiger partial charge in [-0.15, -0.1) is 0 Å². The molecule has 0 atom stereocenters. The zero-order chi connectivity index (χ0) is 22.5. The molecule has 0 radical (unpaired) electrons. The second-order valence-corrected chi connectivity index (χ2v) is 7.73. The van der Waals surface area contributed by atoms with Crippen LogP contribution < -0.4 is 15.5 Å². The average Bonchev–Trinajstić information content (AvgIpc) is 2.81. The van der Waals surface area contributed by atoms with Gasteiger partial charge in [-0.25, -0.2) is 0 Å². The molecule has 162 valence electrons. The number of carbonyl (C=O) groups excluding carboxylic acids is 1. The van der Waals surface area contributed by atoms with Crippen molar-refractivity contribution in [2.45, 2.75) is 26.7 Å². The number of unbranched alkanes of at least 4 members (excludes halogenated alkanes) is 1. The third-order valence-corrected chi connectivity index (χ3v) is 5.19. The summed E-state index contributed by atoms with van der Waals surface area (Å²) in [7, 11) is 0. The maximum atomic E-state index is 12.6. The van der Waals surface area contributed by atoms with Crippen molar-refractivity contribution in [3.05, 3.63) is 94.1 Å². The smallest absolute Gasteiger partial charge is 0.255 e. The monoisotopic (exact) mass is 427 g/mol. The number of ether oxygens (including phenoxy) is 1. The molecule has 0 saturated carbocycles. The zero-order valence-corrected chi connectivity index (χ0v) is 18.2. The lowest BCUT2D eigenvalue weighted by molar-refractivity contribution is 0.102. The summed E-state index contributed by atoms with van der Waals surface area (Å²) in [5.41, 5.74) is 3.39. The van der Waals surface area contributed by atoms with Crippen molar-refractivity contribution in [2.24, 2.45) is 0 Å². The molecule has 0 bridgehead atoms. The number of rotatable bonds is 7. The van der Waals surface area contributed by atoms with Crippen molar-refractivity contribution >= 4 is 22.6 Å². The van der Waals surface area contributed by atoms with Gasteiger partial charge in [0.1, 0.15) is 17.1 Å². The van der Waals surface area contributed by atoms with E-state index in [-0.39, 0.29) is 11.3 Å². The average molecular weight is 428 g/mol. The van der Waals surface area contributed by atoms with Crippen LogP contribution >= 0.6 is 0 Å². The van der Waals surface area contributed by atoms with Crippen LogP contribution in [0.2, 0.25) is 0 Å². The Hall–Kier alpha value is -3.86. The summed E-state index contributed by atoms with van der Waals surface area (Å²) in [5, 5.41) is 3.44. The van der Waals surface area contributed by atoms with Crippen LogP contribution in [0.4, 0.5) is 5.69 Å². The van der Waals surface area contributed by atoms with Crippen molar-refractivity contribution in [1.29, 1.82) is 0 Å². The van der Waals surface area contributed by atoms with E-state index < -0.39 is 0 Å². The minimum absolute atomic E-state index is 0.0890. The van der Waals surface area contributed by atoms with Gasteiger partial charge in [-0.2, -0.15) is 0 Å². The number of anilines is 1. The summed E-state index contributed by atoms with van der Waals surface area (Å²) < 4.78 is 11.6. The first-order chi connectivity index (χ1) is 15.5. The molecule has 1 amide bonds. The number of fused-ring (bicyclic) bond motifs is 1. The van der Waals surface area contributed by atoms with Gasteiger partial charge in [-0.3, -0.25) is 9.59 Å². The molecule has 1 N–H and O–H groups in total. The number of benzene rings is 3. The zero-order valence-electron chi connectivity index (χ0n) is 18.2. The minimum atomic E-state index is -0.216. The standard InChI is InChI=1S/C27H25NO4/c1-3-4-15-31-22-12-10-21(11-13-22)28-27(30)20-8-6-19(7-9-20)26-17-24(29)23-16-18(2)5-14-25(23)32-26/h5-14,16-17H,3-4,15H2,1-2H3,(H,28,30). The second kappa shape index (κ2) is 9.52. The van der Waals surface area contributed by atoms with Crippen molar-refractivity contribution in [2.75, 3.05) is 11.9 Å². The molecule has 1 aromatic heterocycles. The predicted octanol–water partition coefficient (Wildman–Crippen LogP) is 6.20. The molecule has 0 aliphatic rings. The number of carbonyl (C=O) groups is 1. The van der Waals surface area contributed by atoms with Gasteiger partial charge in [-0.05, 0) is 61.9 Å². The Bertz CT molecular complexity index is 1290. The highest BCUT2D eigenvalue weighted by atomic mass is 16.5. The van der Waals surface area contributed by atoms with Crippen LogP contribution in [0.25, 0.3) is 22.3 Å². The molecule has 1 heterocycles. The normalized spacial score (nSPS) is 10.8. The Labute approximate surface area is 186 Å². The van der Waals surface area contributed by atoms with Crippen molar-refractivity contribution in [3.8, 4) is 17.1 Å². The first kappa shape index (κ1) is 21.4. The highest BCUT2D eigenvalue weighted by Gasteiger charge is 2.10. The lowest BCUT2D eigenvalue weighted by Crippen LogP contribution is -2.11. The molecule has 5 nitrogen and oxygen atoms in total. The van der Waals surface area contributed by atoms with Gasteiger partial charge in [0.25, 0.3) is 5.91 Å². The van der Waals surface area contributed by atoms with Crippen LogP contribution in [0.1, 0.15) is 35.7 Å². The number of aryl methyl sites for hydroxylation is 1. The molecular formula is C27H25NO4. The van der Waals surface area contributed by atoms with E-state index in [0.29, 0.717) is 34.6 Å². The first-order valence-electron chi connectivity index (χ1n) is 10.7. The highest BCUT2D eigenvalue weighted by Crippen LogP contribution is 2.24. The molecule has 0 unspecified atom stereocenters. The van der Waals surface area contributed by atoms with Crippen LogP contribution in [-0.2, 0) is 0 Å². The van der Waals surface area contributed by atoms with E-state index in [0.717, 1.165) is 29.7 Å². The van der Waals surface area contributed by atoms with Gasteiger partial charge in [-0.1, -0.05) is 37.1 Å². The lowest BCUT2D eigenvalue weighted by atomic mass is 10.1. The van der Waals surface area contributed by atoms with E-state index in [1.165, 1.54) is 6.07 Å². The number of hydrogen-bond donors (Lipinski definition) is 1. The Morgan fingerprint density at radius 1 is 0.969 bits per heavy atom. The largest absolute Gasteiger partial charge is 0.494 e. The highest BCUT2D eigenvalue weighted by molar-refractivity contribution is 6.04. The molecule has 0 aliphatic heterocycles. The molecule has 0 spiro atoms. The number of amides is 1. The third-order valence-electron chi connectivity index (χ3n) is 5.19. The molecular weight excluding hydrogens is 402 g/mol. The third kappa shape index (κ3) is 4.89. The van der Waals surface area contributed by atoms with Gasteiger partial charge in [0, 0.05) is 22.9 Å². The molecule has 4 rings (SSSR count).